The molecule has 0 saturated heterocycles. The van der Waals surface area contributed by atoms with Gasteiger partial charge < -0.3 is 19.4 Å². The first-order valence-electron chi connectivity index (χ1n) is 9.81. The molecule has 1 aromatic carbocycles. The summed E-state index contributed by atoms with van der Waals surface area (Å²) in [4.78, 5) is 28.1. The van der Waals surface area contributed by atoms with Crippen LogP contribution in [0.25, 0.3) is 33.7 Å². The third-order valence-electron chi connectivity index (χ3n) is 5.24. The van der Waals surface area contributed by atoms with Gasteiger partial charge in [-0.25, -0.2) is 15.0 Å². The van der Waals surface area contributed by atoms with E-state index in [0.29, 0.717) is 22.2 Å². The van der Waals surface area contributed by atoms with E-state index >= 15 is 0 Å². The first-order chi connectivity index (χ1) is 15.7. The molecule has 0 aliphatic heterocycles. The number of imidazole rings is 1. The van der Waals surface area contributed by atoms with E-state index in [1.807, 2.05) is 7.05 Å². The minimum Gasteiger partial charge on any atom is -0.353 e. The van der Waals surface area contributed by atoms with Crippen molar-refractivity contribution in [1.82, 2.24) is 35.0 Å². The largest absolute Gasteiger partial charge is 0.416 e. The molecule has 4 heterocycles. The van der Waals surface area contributed by atoms with E-state index in [2.05, 4.69) is 30.4 Å². The monoisotopic (exact) mass is 455 g/mol. The minimum absolute atomic E-state index is 0.217. The van der Waals surface area contributed by atoms with Crippen molar-refractivity contribution in [3.8, 4) is 11.6 Å². The number of hydrogen-bond donors (Lipinski definition) is 2. The molecular formula is C21H16F3N7O2. The average Bonchev–Trinajstić information content (AvgIpc) is 3.50. The number of rotatable bonds is 4. The van der Waals surface area contributed by atoms with Gasteiger partial charge in [-0.1, -0.05) is 5.16 Å². The Bertz CT molecular complexity index is 1500. The SMILES string of the molecule is C[C@@H](NC(=O)c1ncnc2c1ccn2C)c1cc(-c2nc3ccc(C(F)(F)F)cc3[nH]2)on1. The predicted octanol–water partition coefficient (Wildman–Crippen LogP) is 4.01. The zero-order chi connectivity index (χ0) is 23.3. The van der Waals surface area contributed by atoms with Crippen LogP contribution in [0.1, 0.15) is 34.7 Å². The van der Waals surface area contributed by atoms with E-state index in [9.17, 15) is 18.0 Å². The molecule has 168 valence electrons. The highest BCUT2D eigenvalue weighted by molar-refractivity contribution is 6.03. The number of alkyl halides is 3. The Morgan fingerprint density at radius 1 is 1.21 bits per heavy atom. The van der Waals surface area contributed by atoms with Gasteiger partial charge in [0.25, 0.3) is 5.91 Å². The molecule has 5 rings (SSSR count). The first-order valence-corrected chi connectivity index (χ1v) is 9.81. The third kappa shape index (κ3) is 3.69. The van der Waals surface area contributed by atoms with Crippen molar-refractivity contribution in [3.05, 3.63) is 59.8 Å². The van der Waals surface area contributed by atoms with Crippen LogP contribution in [0.2, 0.25) is 0 Å². The summed E-state index contributed by atoms with van der Waals surface area (Å²) in [6.07, 6.45) is -1.35. The van der Waals surface area contributed by atoms with Crippen LogP contribution in [0.3, 0.4) is 0 Å². The molecule has 0 aliphatic rings. The van der Waals surface area contributed by atoms with Gasteiger partial charge in [-0.2, -0.15) is 13.2 Å². The number of amides is 1. The number of hydrogen-bond acceptors (Lipinski definition) is 6. The maximum atomic E-state index is 12.9. The molecule has 9 nitrogen and oxygen atoms in total. The zero-order valence-electron chi connectivity index (χ0n) is 17.3. The average molecular weight is 455 g/mol. The first kappa shape index (κ1) is 20.7. The molecule has 5 aromatic rings. The maximum Gasteiger partial charge on any atom is 0.416 e. The quantitative estimate of drug-likeness (QED) is 0.423. The molecule has 0 unspecified atom stereocenters. The molecule has 1 atom stereocenters. The van der Waals surface area contributed by atoms with Crippen LogP contribution < -0.4 is 5.32 Å². The van der Waals surface area contributed by atoms with Gasteiger partial charge in [0.1, 0.15) is 23.4 Å². The van der Waals surface area contributed by atoms with Gasteiger partial charge in [0.2, 0.25) is 5.76 Å². The number of nitrogens with one attached hydrogen (secondary N) is 2. The molecule has 0 fully saturated rings. The molecule has 0 aliphatic carbocycles. The van der Waals surface area contributed by atoms with Crippen LogP contribution >= 0.6 is 0 Å². The van der Waals surface area contributed by atoms with Gasteiger partial charge >= 0.3 is 6.18 Å². The van der Waals surface area contributed by atoms with Crippen molar-refractivity contribution in [2.75, 3.05) is 0 Å². The summed E-state index contributed by atoms with van der Waals surface area (Å²) in [6.45, 7) is 1.72. The number of aryl methyl sites for hydroxylation is 1. The van der Waals surface area contributed by atoms with Crippen LogP contribution in [-0.4, -0.2) is 35.6 Å². The second kappa shape index (κ2) is 7.43. The van der Waals surface area contributed by atoms with Crippen molar-refractivity contribution in [2.24, 2.45) is 7.05 Å². The fourth-order valence-corrected chi connectivity index (χ4v) is 3.50. The molecule has 0 spiro atoms. The van der Waals surface area contributed by atoms with E-state index in [-0.39, 0.29) is 22.8 Å². The Kier molecular flexibility index (Phi) is 4.65. The van der Waals surface area contributed by atoms with Crippen molar-refractivity contribution < 1.29 is 22.5 Å². The Morgan fingerprint density at radius 2 is 2.03 bits per heavy atom. The van der Waals surface area contributed by atoms with Gasteiger partial charge in [-0.15, -0.1) is 0 Å². The second-order valence-corrected chi connectivity index (χ2v) is 7.51. The highest BCUT2D eigenvalue weighted by atomic mass is 19.4. The number of nitrogens with zero attached hydrogens (tertiary/aromatic N) is 5. The molecule has 33 heavy (non-hydrogen) atoms. The number of aromatic amines is 1. The molecule has 1 amide bonds. The topological polar surface area (TPSA) is 115 Å². The van der Waals surface area contributed by atoms with Crippen LogP contribution in [-0.2, 0) is 13.2 Å². The zero-order valence-corrected chi connectivity index (χ0v) is 17.3. The molecule has 12 heteroatoms. The molecule has 0 radical (unpaired) electrons. The van der Waals surface area contributed by atoms with Crippen LogP contribution in [0.5, 0.6) is 0 Å². The van der Waals surface area contributed by atoms with Gasteiger partial charge in [0.15, 0.2) is 5.82 Å². The predicted molar refractivity (Wildman–Crippen MR) is 111 cm³/mol. The highest BCUT2D eigenvalue weighted by Gasteiger charge is 2.31. The van der Waals surface area contributed by atoms with E-state index in [1.54, 1.807) is 29.8 Å². The lowest BCUT2D eigenvalue weighted by Crippen LogP contribution is -2.27. The molecule has 0 bridgehead atoms. The fourth-order valence-electron chi connectivity index (χ4n) is 3.50. The Labute approximate surface area is 183 Å². The van der Waals surface area contributed by atoms with E-state index < -0.39 is 23.7 Å². The highest BCUT2D eigenvalue weighted by Crippen LogP contribution is 2.32. The van der Waals surface area contributed by atoms with Gasteiger partial charge in [-0.05, 0) is 31.2 Å². The molecule has 0 saturated carbocycles. The Balaban J connectivity index is 1.37. The number of H-pyrrole nitrogens is 1. The molecule has 2 N–H and O–H groups in total. The molecule has 4 aromatic heterocycles. The summed E-state index contributed by atoms with van der Waals surface area (Å²) in [5, 5.41) is 7.40. The third-order valence-corrected chi connectivity index (χ3v) is 5.24. The van der Waals surface area contributed by atoms with Crippen molar-refractivity contribution >= 4 is 28.0 Å². The van der Waals surface area contributed by atoms with Gasteiger partial charge in [-0.3, -0.25) is 4.79 Å². The van der Waals surface area contributed by atoms with Gasteiger partial charge in [0, 0.05) is 19.3 Å². The number of carbonyl (C=O) groups is 1. The normalized spacial score (nSPS) is 13.0. The lowest BCUT2D eigenvalue weighted by molar-refractivity contribution is -0.137. The van der Waals surface area contributed by atoms with Crippen LogP contribution in [0.15, 0.2) is 47.4 Å². The number of halogens is 3. The fraction of sp³-hybridized carbons (Fsp3) is 0.190. The number of benzene rings is 1. The van der Waals surface area contributed by atoms with Crippen LogP contribution in [0.4, 0.5) is 13.2 Å². The summed E-state index contributed by atoms with van der Waals surface area (Å²) in [5.41, 5.74) is 1.06. The lowest BCUT2D eigenvalue weighted by Gasteiger charge is -2.10. The van der Waals surface area contributed by atoms with E-state index in [0.717, 1.165) is 12.1 Å². The summed E-state index contributed by atoms with van der Waals surface area (Å²) in [7, 11) is 1.82. The standard InChI is InChI=1S/C21H16F3N7O2/c1-10(27-20(32)17-12-5-6-31(2)19(12)26-9-25-17)14-8-16(33-30-14)18-28-13-4-3-11(21(22,23)24)7-15(13)29-18/h3-10H,1-2H3,(H,27,32)(H,28,29)/t10-/m1/s1. The van der Waals surface area contributed by atoms with E-state index in [1.165, 1.54) is 12.4 Å². The Morgan fingerprint density at radius 3 is 2.82 bits per heavy atom. The summed E-state index contributed by atoms with van der Waals surface area (Å²) in [5.74, 6) is 0.0424. The van der Waals surface area contributed by atoms with E-state index in [4.69, 9.17) is 4.52 Å². The lowest BCUT2D eigenvalue weighted by atomic mass is 10.2. The van der Waals surface area contributed by atoms with Crippen LogP contribution in [0, 0.1) is 0 Å². The number of carbonyl (C=O) groups excluding carboxylic acids is 1. The van der Waals surface area contributed by atoms with Gasteiger partial charge in [0.05, 0.1) is 28.0 Å². The summed E-state index contributed by atoms with van der Waals surface area (Å²) in [6, 6.07) is 6.01. The van der Waals surface area contributed by atoms with Crippen molar-refractivity contribution in [3.63, 3.8) is 0 Å². The van der Waals surface area contributed by atoms with Crippen molar-refractivity contribution in [1.29, 1.82) is 0 Å². The Hall–Kier alpha value is -4.22. The molecular weight excluding hydrogens is 439 g/mol. The van der Waals surface area contributed by atoms with Crippen molar-refractivity contribution in [2.45, 2.75) is 19.1 Å². The second-order valence-electron chi connectivity index (χ2n) is 7.51. The summed E-state index contributed by atoms with van der Waals surface area (Å²) < 4.78 is 45.9. The maximum absolute atomic E-state index is 12.9. The minimum atomic E-state index is -4.46. The number of fused-ring (bicyclic) bond motifs is 2. The number of aromatic nitrogens is 6. The summed E-state index contributed by atoms with van der Waals surface area (Å²) >= 11 is 0. The smallest absolute Gasteiger partial charge is 0.353 e.